The molecule has 1 aliphatic carbocycles. The fourth-order valence-corrected chi connectivity index (χ4v) is 3.11. The first-order chi connectivity index (χ1) is 10.8. The maximum atomic E-state index is 5.73. The number of hydrogen-bond acceptors (Lipinski definition) is 5. The van der Waals surface area contributed by atoms with Crippen LogP contribution in [0.4, 0.5) is 0 Å². The van der Waals surface area contributed by atoms with Crippen LogP contribution in [-0.2, 0) is 13.1 Å². The first-order valence-corrected chi connectivity index (χ1v) is 8.14. The molecular formula is C17H24N4O. The van der Waals surface area contributed by atoms with Crippen LogP contribution >= 0.6 is 0 Å². The maximum Gasteiger partial charge on any atom is 0.240 e. The number of rotatable bonds is 7. The minimum absolute atomic E-state index is 0.495. The highest BCUT2D eigenvalue weighted by Crippen LogP contribution is 2.32. The predicted octanol–water partition coefficient (Wildman–Crippen LogP) is 2.69. The van der Waals surface area contributed by atoms with E-state index < -0.39 is 0 Å². The van der Waals surface area contributed by atoms with Crippen molar-refractivity contribution in [2.75, 3.05) is 13.1 Å². The standard InChI is InChI=1S/C17H24N4O/c18-10-11-21(12-14-6-2-1-3-7-14)13-16-19-17(20-22-16)15-8-4-5-9-15/h1-3,6-7,15H,4-5,8-13,18H2. The first kappa shape index (κ1) is 15.2. The third kappa shape index (κ3) is 3.93. The quantitative estimate of drug-likeness (QED) is 0.851. The summed E-state index contributed by atoms with van der Waals surface area (Å²) in [5.41, 5.74) is 7.00. The Morgan fingerprint density at radius 2 is 1.91 bits per heavy atom. The van der Waals surface area contributed by atoms with Gasteiger partial charge in [-0.25, -0.2) is 0 Å². The van der Waals surface area contributed by atoms with Gasteiger partial charge in [-0.3, -0.25) is 4.90 Å². The van der Waals surface area contributed by atoms with Crippen molar-refractivity contribution >= 4 is 0 Å². The highest BCUT2D eigenvalue weighted by Gasteiger charge is 2.22. The lowest BCUT2D eigenvalue weighted by molar-refractivity contribution is 0.224. The normalized spacial score (nSPS) is 15.7. The molecule has 0 aliphatic heterocycles. The summed E-state index contributed by atoms with van der Waals surface area (Å²) in [5, 5.41) is 4.17. The third-order valence-electron chi connectivity index (χ3n) is 4.26. The van der Waals surface area contributed by atoms with Crippen molar-refractivity contribution in [3.63, 3.8) is 0 Å². The molecular weight excluding hydrogens is 276 g/mol. The molecule has 0 radical (unpaired) electrons. The van der Waals surface area contributed by atoms with Crippen LogP contribution in [0.5, 0.6) is 0 Å². The van der Waals surface area contributed by atoms with E-state index in [1.54, 1.807) is 0 Å². The van der Waals surface area contributed by atoms with Crippen molar-refractivity contribution in [1.82, 2.24) is 15.0 Å². The Morgan fingerprint density at radius 3 is 2.64 bits per heavy atom. The van der Waals surface area contributed by atoms with Gasteiger partial charge in [-0.05, 0) is 18.4 Å². The molecule has 1 aromatic carbocycles. The molecule has 3 rings (SSSR count). The summed E-state index contributed by atoms with van der Waals surface area (Å²) in [4.78, 5) is 6.85. The van der Waals surface area contributed by atoms with Gasteiger partial charge in [-0.15, -0.1) is 0 Å². The lowest BCUT2D eigenvalue weighted by atomic mass is 10.1. The van der Waals surface area contributed by atoms with Crippen LogP contribution < -0.4 is 5.73 Å². The molecule has 22 heavy (non-hydrogen) atoms. The zero-order valence-corrected chi connectivity index (χ0v) is 12.9. The molecule has 1 fully saturated rings. The van der Waals surface area contributed by atoms with E-state index in [0.29, 0.717) is 24.9 Å². The molecule has 2 N–H and O–H groups in total. The van der Waals surface area contributed by atoms with Crippen molar-refractivity contribution < 1.29 is 4.52 Å². The van der Waals surface area contributed by atoms with Gasteiger partial charge in [0, 0.05) is 25.6 Å². The molecule has 0 spiro atoms. The summed E-state index contributed by atoms with van der Waals surface area (Å²) < 4.78 is 5.45. The Bertz CT molecular complexity index is 563. The maximum absolute atomic E-state index is 5.73. The van der Waals surface area contributed by atoms with Crippen LogP contribution in [0.2, 0.25) is 0 Å². The summed E-state index contributed by atoms with van der Waals surface area (Å²) in [6.07, 6.45) is 4.94. The lowest BCUT2D eigenvalue weighted by Gasteiger charge is -2.19. The van der Waals surface area contributed by atoms with E-state index in [-0.39, 0.29) is 0 Å². The van der Waals surface area contributed by atoms with Crippen molar-refractivity contribution in [3.8, 4) is 0 Å². The van der Waals surface area contributed by atoms with Crippen LogP contribution in [0.3, 0.4) is 0 Å². The molecule has 0 unspecified atom stereocenters. The van der Waals surface area contributed by atoms with E-state index in [2.05, 4.69) is 39.3 Å². The second kappa shape index (κ2) is 7.51. The largest absolute Gasteiger partial charge is 0.338 e. The Labute approximate surface area is 131 Å². The van der Waals surface area contributed by atoms with Crippen LogP contribution in [0, 0.1) is 0 Å². The number of hydrogen-bond donors (Lipinski definition) is 1. The van der Waals surface area contributed by atoms with Crippen molar-refractivity contribution in [2.45, 2.75) is 44.7 Å². The molecule has 1 heterocycles. The molecule has 1 aromatic heterocycles. The van der Waals surface area contributed by atoms with Gasteiger partial charge >= 0.3 is 0 Å². The molecule has 0 saturated heterocycles. The van der Waals surface area contributed by atoms with E-state index in [1.807, 2.05) is 6.07 Å². The topological polar surface area (TPSA) is 68.2 Å². The monoisotopic (exact) mass is 300 g/mol. The van der Waals surface area contributed by atoms with Crippen LogP contribution in [0.25, 0.3) is 0 Å². The smallest absolute Gasteiger partial charge is 0.240 e. The van der Waals surface area contributed by atoms with Gasteiger partial charge in [0.25, 0.3) is 0 Å². The number of aromatic nitrogens is 2. The molecule has 0 bridgehead atoms. The fourth-order valence-electron chi connectivity index (χ4n) is 3.11. The molecule has 118 valence electrons. The second-order valence-electron chi connectivity index (χ2n) is 6.01. The average molecular weight is 300 g/mol. The summed E-state index contributed by atoms with van der Waals surface area (Å²) in [6, 6.07) is 10.4. The van der Waals surface area contributed by atoms with Gasteiger partial charge in [0.05, 0.1) is 6.54 Å². The van der Waals surface area contributed by atoms with Gasteiger partial charge < -0.3 is 10.3 Å². The minimum Gasteiger partial charge on any atom is -0.338 e. The van der Waals surface area contributed by atoms with E-state index in [4.69, 9.17) is 10.3 Å². The molecule has 2 aromatic rings. The van der Waals surface area contributed by atoms with Gasteiger partial charge in [0.15, 0.2) is 5.82 Å². The predicted molar refractivity (Wildman–Crippen MR) is 85.1 cm³/mol. The number of nitrogens with zero attached hydrogens (tertiary/aromatic N) is 3. The average Bonchev–Trinajstić information content (AvgIpc) is 3.19. The Kier molecular flexibility index (Phi) is 5.19. The minimum atomic E-state index is 0.495. The van der Waals surface area contributed by atoms with Crippen molar-refractivity contribution in [2.24, 2.45) is 5.73 Å². The highest BCUT2D eigenvalue weighted by molar-refractivity contribution is 5.14. The Hall–Kier alpha value is -1.72. The van der Waals surface area contributed by atoms with Gasteiger partial charge in [-0.2, -0.15) is 4.98 Å². The molecule has 5 heteroatoms. The van der Waals surface area contributed by atoms with Crippen LogP contribution in [0.15, 0.2) is 34.9 Å². The summed E-state index contributed by atoms with van der Waals surface area (Å²) in [7, 11) is 0. The molecule has 1 aliphatic rings. The highest BCUT2D eigenvalue weighted by atomic mass is 16.5. The van der Waals surface area contributed by atoms with Crippen LogP contribution in [0.1, 0.15) is 48.9 Å². The Balaban J connectivity index is 1.63. The second-order valence-corrected chi connectivity index (χ2v) is 6.01. The molecule has 1 saturated carbocycles. The van der Waals surface area contributed by atoms with Crippen molar-refractivity contribution in [1.29, 1.82) is 0 Å². The van der Waals surface area contributed by atoms with Gasteiger partial charge in [0.1, 0.15) is 0 Å². The third-order valence-corrected chi connectivity index (χ3v) is 4.26. The number of benzene rings is 1. The van der Waals surface area contributed by atoms with Crippen LogP contribution in [-0.4, -0.2) is 28.1 Å². The van der Waals surface area contributed by atoms with E-state index in [9.17, 15) is 0 Å². The van der Waals surface area contributed by atoms with E-state index in [0.717, 1.165) is 18.9 Å². The SMILES string of the molecule is NCCN(Cc1ccccc1)Cc1nc(C2CCCC2)no1. The Morgan fingerprint density at radius 1 is 1.14 bits per heavy atom. The summed E-state index contributed by atoms with van der Waals surface area (Å²) >= 11 is 0. The summed E-state index contributed by atoms with van der Waals surface area (Å²) in [5.74, 6) is 2.08. The van der Waals surface area contributed by atoms with E-state index in [1.165, 1.54) is 31.2 Å². The zero-order valence-electron chi connectivity index (χ0n) is 12.9. The van der Waals surface area contributed by atoms with E-state index >= 15 is 0 Å². The molecule has 5 nitrogen and oxygen atoms in total. The van der Waals surface area contributed by atoms with Gasteiger partial charge in [0.2, 0.25) is 5.89 Å². The first-order valence-electron chi connectivity index (χ1n) is 8.14. The summed E-state index contributed by atoms with van der Waals surface area (Å²) in [6.45, 7) is 2.94. The molecule has 0 atom stereocenters. The zero-order chi connectivity index (χ0) is 15.2. The van der Waals surface area contributed by atoms with Crippen molar-refractivity contribution in [3.05, 3.63) is 47.6 Å². The molecule has 0 amide bonds. The fraction of sp³-hybridized carbons (Fsp3) is 0.529. The lowest BCUT2D eigenvalue weighted by Crippen LogP contribution is -2.28. The van der Waals surface area contributed by atoms with Gasteiger partial charge in [-0.1, -0.05) is 48.3 Å². The number of nitrogens with two attached hydrogens (primary N) is 1.